The molecule has 3 rings (SSSR count). The van der Waals surface area contributed by atoms with Crippen molar-refractivity contribution in [3.05, 3.63) is 29.8 Å². The highest BCUT2D eigenvalue weighted by Gasteiger charge is 2.34. The highest BCUT2D eigenvalue weighted by Crippen LogP contribution is 2.23. The molecule has 0 aromatic heterocycles. The van der Waals surface area contributed by atoms with Crippen molar-refractivity contribution in [2.75, 3.05) is 19.7 Å². The van der Waals surface area contributed by atoms with Gasteiger partial charge in [-0.2, -0.15) is 0 Å². The van der Waals surface area contributed by atoms with Gasteiger partial charge in [0, 0.05) is 19.0 Å². The first-order chi connectivity index (χ1) is 9.22. The maximum absolute atomic E-state index is 12.2. The molecule has 0 radical (unpaired) electrons. The number of fused-ring (bicyclic) bond motifs is 1. The number of benzene rings is 1. The summed E-state index contributed by atoms with van der Waals surface area (Å²) in [6.45, 7) is 2.52. The van der Waals surface area contributed by atoms with Gasteiger partial charge < -0.3 is 9.84 Å². The second kappa shape index (κ2) is 5.31. The summed E-state index contributed by atoms with van der Waals surface area (Å²) in [5.41, 5.74) is 0.926. The molecule has 2 heterocycles. The highest BCUT2D eigenvalue weighted by atomic mass is 16.5. The van der Waals surface area contributed by atoms with Gasteiger partial charge in [0.15, 0.2) is 5.78 Å². The van der Waals surface area contributed by atoms with Crippen molar-refractivity contribution in [1.82, 2.24) is 4.90 Å². The van der Waals surface area contributed by atoms with Gasteiger partial charge in [-0.25, -0.2) is 0 Å². The Morgan fingerprint density at radius 3 is 2.95 bits per heavy atom. The standard InChI is InChI=1S/C15H19NO3/c17-13-5-3-11(4-6-13)8-14(18)15-9-16-7-1-2-12(16)10-19-15/h3-6,12,15,17H,1-2,7-10H2. The fourth-order valence-corrected chi connectivity index (χ4v) is 2.94. The third kappa shape index (κ3) is 2.80. The topological polar surface area (TPSA) is 49.8 Å². The fraction of sp³-hybridized carbons (Fsp3) is 0.533. The molecule has 2 saturated heterocycles. The maximum atomic E-state index is 12.2. The second-order valence-electron chi connectivity index (χ2n) is 5.42. The van der Waals surface area contributed by atoms with Gasteiger partial charge in [-0.1, -0.05) is 12.1 Å². The van der Waals surface area contributed by atoms with E-state index in [4.69, 9.17) is 4.74 Å². The minimum Gasteiger partial charge on any atom is -0.508 e. The predicted molar refractivity (Wildman–Crippen MR) is 71.2 cm³/mol. The molecule has 19 heavy (non-hydrogen) atoms. The summed E-state index contributed by atoms with van der Waals surface area (Å²) in [6, 6.07) is 7.32. The van der Waals surface area contributed by atoms with Gasteiger partial charge in [0.05, 0.1) is 6.61 Å². The maximum Gasteiger partial charge on any atom is 0.167 e. The van der Waals surface area contributed by atoms with Crippen LogP contribution in [0.4, 0.5) is 0 Å². The van der Waals surface area contributed by atoms with Crippen LogP contribution in [0.5, 0.6) is 5.75 Å². The zero-order valence-electron chi connectivity index (χ0n) is 10.9. The van der Waals surface area contributed by atoms with Gasteiger partial charge in [-0.05, 0) is 37.1 Å². The molecule has 2 aliphatic rings. The average Bonchev–Trinajstić information content (AvgIpc) is 2.88. The summed E-state index contributed by atoms with van der Waals surface area (Å²) in [4.78, 5) is 14.6. The number of aromatic hydroxyl groups is 1. The van der Waals surface area contributed by atoms with E-state index < -0.39 is 0 Å². The molecule has 2 unspecified atom stereocenters. The molecule has 0 saturated carbocycles. The number of phenolic OH excluding ortho intramolecular Hbond substituents is 1. The molecule has 1 aromatic rings. The highest BCUT2D eigenvalue weighted by molar-refractivity contribution is 5.85. The molecule has 1 N–H and O–H groups in total. The average molecular weight is 261 g/mol. The molecule has 0 amide bonds. The number of hydrogen-bond acceptors (Lipinski definition) is 4. The molecule has 2 aliphatic heterocycles. The summed E-state index contributed by atoms with van der Waals surface area (Å²) >= 11 is 0. The molecular weight excluding hydrogens is 242 g/mol. The number of phenols is 1. The molecule has 0 spiro atoms. The van der Waals surface area contributed by atoms with Crippen LogP contribution in [-0.4, -0.2) is 47.6 Å². The normalized spacial score (nSPS) is 27.2. The van der Waals surface area contributed by atoms with Crippen molar-refractivity contribution in [2.45, 2.75) is 31.4 Å². The summed E-state index contributed by atoms with van der Waals surface area (Å²) in [6.07, 6.45) is 2.50. The Hall–Kier alpha value is -1.39. The molecule has 2 fully saturated rings. The van der Waals surface area contributed by atoms with E-state index in [-0.39, 0.29) is 17.6 Å². The van der Waals surface area contributed by atoms with E-state index in [1.807, 2.05) is 0 Å². The Labute approximate surface area is 113 Å². The second-order valence-corrected chi connectivity index (χ2v) is 5.42. The number of Topliss-reactive ketones (excluding diaryl/α,β-unsaturated/α-hetero) is 1. The van der Waals surface area contributed by atoms with Crippen LogP contribution in [0.3, 0.4) is 0 Å². The first-order valence-electron chi connectivity index (χ1n) is 6.88. The molecule has 4 heteroatoms. The van der Waals surface area contributed by atoms with Crippen molar-refractivity contribution < 1.29 is 14.6 Å². The molecular formula is C15H19NO3. The van der Waals surface area contributed by atoms with Crippen molar-refractivity contribution in [3.63, 3.8) is 0 Å². The number of carbonyl (C=O) groups excluding carboxylic acids is 1. The Balaban J connectivity index is 1.59. The Kier molecular flexibility index (Phi) is 3.53. The summed E-state index contributed by atoms with van der Waals surface area (Å²) in [5.74, 6) is 0.362. The third-order valence-electron chi connectivity index (χ3n) is 4.06. The van der Waals surface area contributed by atoms with Crippen LogP contribution in [0.15, 0.2) is 24.3 Å². The van der Waals surface area contributed by atoms with Crippen LogP contribution in [0.25, 0.3) is 0 Å². The number of morpholine rings is 1. The number of hydrogen-bond donors (Lipinski definition) is 1. The molecule has 0 aliphatic carbocycles. The SMILES string of the molecule is O=C(Cc1ccc(O)cc1)C1CN2CCCC2CO1. The van der Waals surface area contributed by atoms with Crippen LogP contribution in [-0.2, 0) is 16.0 Å². The van der Waals surface area contributed by atoms with Crippen molar-refractivity contribution in [1.29, 1.82) is 0 Å². The number of ether oxygens (including phenoxy) is 1. The van der Waals surface area contributed by atoms with Crippen LogP contribution < -0.4 is 0 Å². The van der Waals surface area contributed by atoms with E-state index in [0.717, 1.165) is 18.7 Å². The zero-order chi connectivity index (χ0) is 13.2. The fourth-order valence-electron chi connectivity index (χ4n) is 2.94. The zero-order valence-corrected chi connectivity index (χ0v) is 10.9. The van der Waals surface area contributed by atoms with E-state index >= 15 is 0 Å². The van der Waals surface area contributed by atoms with Crippen LogP contribution in [0, 0.1) is 0 Å². The lowest BCUT2D eigenvalue weighted by Gasteiger charge is -2.34. The monoisotopic (exact) mass is 261 g/mol. The van der Waals surface area contributed by atoms with E-state index in [1.54, 1.807) is 24.3 Å². The van der Waals surface area contributed by atoms with Gasteiger partial charge in [0.1, 0.15) is 11.9 Å². The smallest absolute Gasteiger partial charge is 0.167 e. The summed E-state index contributed by atoms with van der Waals surface area (Å²) in [7, 11) is 0. The van der Waals surface area contributed by atoms with Gasteiger partial charge in [-0.3, -0.25) is 9.69 Å². The van der Waals surface area contributed by atoms with Gasteiger partial charge in [-0.15, -0.1) is 0 Å². The van der Waals surface area contributed by atoms with Gasteiger partial charge in [0.25, 0.3) is 0 Å². The lowest BCUT2D eigenvalue weighted by Crippen LogP contribution is -2.49. The van der Waals surface area contributed by atoms with Crippen molar-refractivity contribution in [3.8, 4) is 5.75 Å². The van der Waals surface area contributed by atoms with Crippen molar-refractivity contribution >= 4 is 5.78 Å². The lowest BCUT2D eigenvalue weighted by atomic mass is 10.0. The summed E-state index contributed by atoms with van der Waals surface area (Å²) in [5, 5.41) is 9.23. The number of rotatable bonds is 3. The van der Waals surface area contributed by atoms with Crippen LogP contribution >= 0.6 is 0 Å². The first-order valence-corrected chi connectivity index (χ1v) is 6.88. The third-order valence-corrected chi connectivity index (χ3v) is 4.06. The molecule has 2 atom stereocenters. The number of nitrogens with zero attached hydrogens (tertiary/aromatic N) is 1. The van der Waals surface area contributed by atoms with Crippen LogP contribution in [0.2, 0.25) is 0 Å². The molecule has 4 nitrogen and oxygen atoms in total. The first kappa shape index (κ1) is 12.6. The van der Waals surface area contributed by atoms with Gasteiger partial charge >= 0.3 is 0 Å². The number of carbonyl (C=O) groups is 1. The minimum atomic E-state index is -0.289. The Morgan fingerprint density at radius 1 is 1.37 bits per heavy atom. The van der Waals surface area contributed by atoms with E-state index in [9.17, 15) is 9.90 Å². The molecule has 102 valence electrons. The number of ketones is 1. The minimum absolute atomic E-state index is 0.135. The summed E-state index contributed by atoms with van der Waals surface area (Å²) < 4.78 is 5.71. The molecule has 1 aromatic carbocycles. The Morgan fingerprint density at radius 2 is 2.16 bits per heavy atom. The molecule has 0 bridgehead atoms. The lowest BCUT2D eigenvalue weighted by molar-refractivity contribution is -0.137. The van der Waals surface area contributed by atoms with E-state index in [2.05, 4.69) is 4.90 Å². The largest absolute Gasteiger partial charge is 0.508 e. The Bertz CT molecular complexity index is 457. The van der Waals surface area contributed by atoms with Crippen molar-refractivity contribution in [2.24, 2.45) is 0 Å². The van der Waals surface area contributed by atoms with E-state index in [0.29, 0.717) is 19.1 Å². The quantitative estimate of drug-likeness (QED) is 0.892. The van der Waals surface area contributed by atoms with Gasteiger partial charge in [0.2, 0.25) is 0 Å². The predicted octanol–water partition coefficient (Wildman–Crippen LogP) is 1.37. The van der Waals surface area contributed by atoms with E-state index in [1.165, 1.54) is 12.8 Å². The van der Waals surface area contributed by atoms with Crippen LogP contribution in [0.1, 0.15) is 18.4 Å².